The number of rotatable bonds is 1. The summed E-state index contributed by atoms with van der Waals surface area (Å²) in [5.41, 5.74) is 1.13. The van der Waals surface area contributed by atoms with E-state index in [0.29, 0.717) is 6.54 Å². The number of piperazine rings is 1. The first-order valence-electron chi connectivity index (χ1n) is 6.49. The summed E-state index contributed by atoms with van der Waals surface area (Å²) in [6.07, 6.45) is 1.11. The Kier molecular flexibility index (Phi) is 2.84. The number of carbonyl (C=O) groups is 1. The van der Waals surface area contributed by atoms with Crippen molar-refractivity contribution >= 4 is 11.6 Å². The average molecular weight is 245 g/mol. The molecular weight excluding hydrogens is 226 g/mol. The highest BCUT2D eigenvalue weighted by Gasteiger charge is 2.44. The van der Waals surface area contributed by atoms with E-state index in [9.17, 15) is 4.79 Å². The van der Waals surface area contributed by atoms with Crippen LogP contribution in [0.3, 0.4) is 0 Å². The van der Waals surface area contributed by atoms with Gasteiger partial charge >= 0.3 is 0 Å². The molecule has 1 spiro atoms. The number of nitrogens with zero attached hydrogens (tertiary/aromatic N) is 2. The predicted octanol–water partition coefficient (Wildman–Crippen LogP) is 0.697. The molecule has 96 valence electrons. The summed E-state index contributed by atoms with van der Waals surface area (Å²) in [6.45, 7) is 3.32. The van der Waals surface area contributed by atoms with E-state index < -0.39 is 0 Å². The van der Waals surface area contributed by atoms with Gasteiger partial charge < -0.3 is 10.2 Å². The van der Waals surface area contributed by atoms with Crippen LogP contribution in [0.15, 0.2) is 30.3 Å². The third kappa shape index (κ3) is 1.82. The largest absolute Gasteiger partial charge is 0.315 e. The lowest BCUT2D eigenvalue weighted by atomic mass is 9.92. The third-order valence-corrected chi connectivity index (χ3v) is 4.22. The highest BCUT2D eigenvalue weighted by molar-refractivity contribution is 5.96. The molecule has 0 aromatic heterocycles. The van der Waals surface area contributed by atoms with Crippen LogP contribution < -0.4 is 10.2 Å². The summed E-state index contributed by atoms with van der Waals surface area (Å²) in [5.74, 6) is 0.196. The Morgan fingerprint density at radius 2 is 2.06 bits per heavy atom. The number of amides is 1. The Bertz CT molecular complexity index is 440. The Labute approximate surface area is 108 Å². The van der Waals surface area contributed by atoms with Gasteiger partial charge in [-0.05, 0) is 32.1 Å². The first kappa shape index (κ1) is 11.7. The number of nitrogens with one attached hydrogen (secondary N) is 1. The molecule has 0 aliphatic carbocycles. The minimum Gasteiger partial charge on any atom is -0.315 e. The molecule has 18 heavy (non-hydrogen) atoms. The zero-order valence-electron chi connectivity index (χ0n) is 10.7. The normalized spacial score (nSPS) is 29.2. The van der Waals surface area contributed by atoms with E-state index in [1.54, 1.807) is 0 Å². The van der Waals surface area contributed by atoms with Crippen molar-refractivity contribution in [1.82, 2.24) is 10.2 Å². The Morgan fingerprint density at radius 3 is 2.72 bits per heavy atom. The summed E-state index contributed by atoms with van der Waals surface area (Å²) >= 11 is 0. The SMILES string of the molecule is CN1CC(=O)N(c2ccccc2)CC12CCNC2. The number of anilines is 1. The zero-order chi connectivity index (χ0) is 12.6. The highest BCUT2D eigenvalue weighted by atomic mass is 16.2. The van der Waals surface area contributed by atoms with Crippen molar-refractivity contribution in [3.05, 3.63) is 30.3 Å². The monoisotopic (exact) mass is 245 g/mol. The maximum atomic E-state index is 12.2. The van der Waals surface area contributed by atoms with E-state index in [0.717, 1.165) is 31.7 Å². The van der Waals surface area contributed by atoms with Gasteiger partial charge in [-0.25, -0.2) is 0 Å². The number of benzene rings is 1. The van der Waals surface area contributed by atoms with Crippen molar-refractivity contribution in [3.63, 3.8) is 0 Å². The lowest BCUT2D eigenvalue weighted by Gasteiger charge is -2.46. The smallest absolute Gasteiger partial charge is 0.241 e. The van der Waals surface area contributed by atoms with Crippen molar-refractivity contribution in [2.75, 3.05) is 38.1 Å². The van der Waals surface area contributed by atoms with Crippen molar-refractivity contribution in [2.45, 2.75) is 12.0 Å². The molecule has 2 aliphatic rings. The maximum absolute atomic E-state index is 12.2. The summed E-state index contributed by atoms with van der Waals surface area (Å²) < 4.78 is 0. The van der Waals surface area contributed by atoms with Crippen LogP contribution in [0.2, 0.25) is 0 Å². The minimum atomic E-state index is 0.115. The van der Waals surface area contributed by atoms with Gasteiger partial charge in [0.05, 0.1) is 12.1 Å². The molecule has 1 aromatic rings. The van der Waals surface area contributed by atoms with Gasteiger partial charge in [0.1, 0.15) is 0 Å². The van der Waals surface area contributed by atoms with Crippen LogP contribution in [0.5, 0.6) is 0 Å². The van der Waals surface area contributed by atoms with Gasteiger partial charge in [0.2, 0.25) is 5.91 Å². The van der Waals surface area contributed by atoms with E-state index in [1.165, 1.54) is 0 Å². The topological polar surface area (TPSA) is 35.6 Å². The molecule has 2 heterocycles. The summed E-state index contributed by atoms with van der Waals surface area (Å²) in [6, 6.07) is 9.98. The molecule has 1 aromatic carbocycles. The van der Waals surface area contributed by atoms with E-state index in [1.807, 2.05) is 35.2 Å². The molecule has 1 unspecified atom stereocenters. The molecule has 4 nitrogen and oxygen atoms in total. The quantitative estimate of drug-likeness (QED) is 0.791. The molecule has 1 atom stereocenters. The number of hydrogen-bond acceptors (Lipinski definition) is 3. The summed E-state index contributed by atoms with van der Waals surface area (Å²) in [7, 11) is 2.06. The number of carbonyl (C=O) groups excluding carboxylic acids is 1. The molecule has 2 aliphatic heterocycles. The van der Waals surface area contributed by atoms with Gasteiger partial charge in [-0.3, -0.25) is 9.69 Å². The van der Waals surface area contributed by atoms with Crippen LogP contribution in [0.1, 0.15) is 6.42 Å². The van der Waals surface area contributed by atoms with Crippen LogP contribution in [0, 0.1) is 0 Å². The average Bonchev–Trinajstić information content (AvgIpc) is 2.85. The molecule has 0 saturated carbocycles. The van der Waals surface area contributed by atoms with Gasteiger partial charge in [-0.15, -0.1) is 0 Å². The molecule has 1 amide bonds. The molecule has 0 radical (unpaired) electrons. The molecule has 4 heteroatoms. The van der Waals surface area contributed by atoms with Gasteiger partial charge in [-0.1, -0.05) is 18.2 Å². The zero-order valence-corrected chi connectivity index (χ0v) is 10.7. The first-order chi connectivity index (χ1) is 8.71. The second-order valence-electron chi connectivity index (χ2n) is 5.32. The lowest BCUT2D eigenvalue weighted by Crippen LogP contribution is -2.64. The standard InChI is InChI=1S/C14H19N3O/c1-16-9-13(18)17(12-5-3-2-4-6-12)11-14(16)7-8-15-10-14/h2-6,15H,7-11H2,1H3. The first-order valence-corrected chi connectivity index (χ1v) is 6.49. The molecule has 2 saturated heterocycles. The number of likely N-dealkylation sites (N-methyl/N-ethyl adjacent to an activating group) is 1. The van der Waals surface area contributed by atoms with E-state index in [-0.39, 0.29) is 11.4 Å². The van der Waals surface area contributed by atoms with Gasteiger partial charge in [0.25, 0.3) is 0 Å². The van der Waals surface area contributed by atoms with E-state index >= 15 is 0 Å². The van der Waals surface area contributed by atoms with Crippen LogP contribution in [-0.2, 0) is 4.79 Å². The van der Waals surface area contributed by atoms with Crippen molar-refractivity contribution in [2.24, 2.45) is 0 Å². The van der Waals surface area contributed by atoms with Gasteiger partial charge in [0, 0.05) is 18.8 Å². The van der Waals surface area contributed by atoms with Crippen molar-refractivity contribution in [1.29, 1.82) is 0 Å². The van der Waals surface area contributed by atoms with Crippen LogP contribution in [0.4, 0.5) is 5.69 Å². The van der Waals surface area contributed by atoms with Crippen LogP contribution in [-0.4, -0.2) is 49.6 Å². The minimum absolute atomic E-state index is 0.115. The van der Waals surface area contributed by atoms with E-state index in [4.69, 9.17) is 0 Å². The molecular formula is C14H19N3O. The molecule has 2 fully saturated rings. The number of hydrogen-bond donors (Lipinski definition) is 1. The third-order valence-electron chi connectivity index (χ3n) is 4.22. The maximum Gasteiger partial charge on any atom is 0.241 e. The summed E-state index contributed by atoms with van der Waals surface area (Å²) in [4.78, 5) is 16.4. The fourth-order valence-corrected chi connectivity index (χ4v) is 2.99. The van der Waals surface area contributed by atoms with Gasteiger partial charge in [-0.2, -0.15) is 0 Å². The fourth-order valence-electron chi connectivity index (χ4n) is 2.99. The second-order valence-corrected chi connectivity index (χ2v) is 5.32. The van der Waals surface area contributed by atoms with Crippen LogP contribution in [0.25, 0.3) is 0 Å². The Balaban J connectivity index is 1.89. The number of para-hydroxylation sites is 1. The lowest BCUT2D eigenvalue weighted by molar-refractivity contribution is -0.123. The van der Waals surface area contributed by atoms with E-state index in [2.05, 4.69) is 17.3 Å². The Morgan fingerprint density at radius 1 is 1.28 bits per heavy atom. The Hall–Kier alpha value is -1.39. The van der Waals surface area contributed by atoms with Gasteiger partial charge in [0.15, 0.2) is 0 Å². The van der Waals surface area contributed by atoms with Crippen LogP contribution >= 0.6 is 0 Å². The molecule has 3 rings (SSSR count). The second kappa shape index (κ2) is 4.37. The van der Waals surface area contributed by atoms with Crippen molar-refractivity contribution in [3.8, 4) is 0 Å². The molecule has 0 bridgehead atoms. The fraction of sp³-hybridized carbons (Fsp3) is 0.500. The molecule has 1 N–H and O–H groups in total. The highest BCUT2D eigenvalue weighted by Crippen LogP contribution is 2.29. The summed E-state index contributed by atoms with van der Waals surface area (Å²) in [5, 5.41) is 3.42. The predicted molar refractivity (Wildman–Crippen MR) is 71.6 cm³/mol. The van der Waals surface area contributed by atoms with Crippen molar-refractivity contribution < 1.29 is 4.79 Å².